The third-order valence-electron chi connectivity index (χ3n) is 4.22. The van der Waals surface area contributed by atoms with Crippen molar-refractivity contribution in [3.8, 4) is 5.75 Å². The van der Waals surface area contributed by atoms with Gasteiger partial charge in [0.05, 0.1) is 13.2 Å². The number of benzene rings is 1. The molecule has 0 saturated carbocycles. The minimum atomic E-state index is -0.241. The second kappa shape index (κ2) is 9.89. The number of carbonyl (C=O) groups excluding carboxylic acids is 1. The van der Waals surface area contributed by atoms with Crippen LogP contribution in [0.3, 0.4) is 0 Å². The second-order valence-corrected chi connectivity index (χ2v) is 6.58. The maximum absolute atomic E-state index is 11.7. The Kier molecular flexibility index (Phi) is 7.56. The lowest BCUT2D eigenvalue weighted by Crippen LogP contribution is -2.48. The first-order chi connectivity index (χ1) is 12.5. The van der Waals surface area contributed by atoms with Crippen molar-refractivity contribution >= 4 is 12.1 Å². The smallest absolute Gasteiger partial charge is 0.409 e. The highest BCUT2D eigenvalue weighted by Gasteiger charge is 2.23. The highest BCUT2D eigenvalue weighted by Crippen LogP contribution is 2.14. The van der Waals surface area contributed by atoms with Crippen LogP contribution in [0.5, 0.6) is 5.75 Å². The quantitative estimate of drug-likeness (QED) is 0.599. The van der Waals surface area contributed by atoms with E-state index in [0.717, 1.165) is 24.2 Å². The number of guanidine groups is 1. The van der Waals surface area contributed by atoms with Gasteiger partial charge < -0.3 is 25.4 Å². The van der Waals surface area contributed by atoms with Crippen molar-refractivity contribution in [1.82, 2.24) is 10.2 Å². The molecule has 3 N–H and O–H groups in total. The number of likely N-dealkylation sites (tertiary alicyclic amines) is 1. The molecule has 1 heterocycles. The third-order valence-corrected chi connectivity index (χ3v) is 4.22. The summed E-state index contributed by atoms with van der Waals surface area (Å²) in [6.45, 7) is 8.02. The number of aliphatic imine (C=N–C) groups is 1. The van der Waals surface area contributed by atoms with E-state index in [-0.39, 0.29) is 18.2 Å². The summed E-state index contributed by atoms with van der Waals surface area (Å²) in [4.78, 5) is 17.8. The van der Waals surface area contributed by atoms with Crippen LogP contribution in [0.2, 0.25) is 0 Å². The number of carbonyl (C=O) groups is 1. The van der Waals surface area contributed by atoms with E-state index < -0.39 is 0 Å². The van der Waals surface area contributed by atoms with Crippen LogP contribution in [-0.2, 0) is 4.74 Å². The molecule has 1 aliphatic heterocycles. The second-order valence-electron chi connectivity index (χ2n) is 6.58. The first-order valence-corrected chi connectivity index (χ1v) is 9.19. The molecule has 2 rings (SSSR count). The molecule has 0 aliphatic carbocycles. The van der Waals surface area contributed by atoms with Crippen LogP contribution < -0.4 is 15.8 Å². The summed E-state index contributed by atoms with van der Waals surface area (Å²) in [5.74, 6) is 1.25. The van der Waals surface area contributed by atoms with E-state index in [2.05, 4.69) is 10.3 Å². The predicted octanol–water partition coefficient (Wildman–Crippen LogP) is 2.29. The molecular formula is C19H30N4O3. The Morgan fingerprint density at radius 1 is 1.42 bits per heavy atom. The Labute approximate surface area is 155 Å². The first kappa shape index (κ1) is 19.9. The zero-order valence-electron chi connectivity index (χ0n) is 15.9. The predicted molar refractivity (Wildman–Crippen MR) is 103 cm³/mol. The Morgan fingerprint density at radius 3 is 2.81 bits per heavy atom. The number of amides is 1. The Morgan fingerprint density at radius 2 is 2.15 bits per heavy atom. The van der Waals surface area contributed by atoms with Gasteiger partial charge in [-0.05, 0) is 51.3 Å². The van der Waals surface area contributed by atoms with Crippen molar-refractivity contribution in [2.45, 2.75) is 45.8 Å². The fourth-order valence-corrected chi connectivity index (χ4v) is 2.86. The minimum absolute atomic E-state index is 0.0668. The molecule has 0 aromatic heterocycles. The largest absolute Gasteiger partial charge is 0.489 e. The highest BCUT2D eigenvalue weighted by molar-refractivity contribution is 5.78. The van der Waals surface area contributed by atoms with E-state index in [0.29, 0.717) is 32.2 Å². The number of hydrogen-bond donors (Lipinski definition) is 2. The van der Waals surface area contributed by atoms with Gasteiger partial charge in [-0.3, -0.25) is 0 Å². The van der Waals surface area contributed by atoms with Crippen LogP contribution in [0.4, 0.5) is 4.79 Å². The van der Waals surface area contributed by atoms with E-state index in [1.807, 2.05) is 45.0 Å². The summed E-state index contributed by atoms with van der Waals surface area (Å²) in [6, 6.07) is 8.16. The highest BCUT2D eigenvalue weighted by atomic mass is 16.6. The first-order valence-electron chi connectivity index (χ1n) is 9.19. The van der Waals surface area contributed by atoms with E-state index in [1.165, 1.54) is 0 Å². The molecule has 0 bridgehead atoms. The molecule has 1 amide bonds. The molecule has 1 unspecified atom stereocenters. The van der Waals surface area contributed by atoms with Gasteiger partial charge in [-0.2, -0.15) is 0 Å². The van der Waals surface area contributed by atoms with E-state index in [1.54, 1.807) is 4.90 Å². The number of rotatable bonds is 6. The van der Waals surface area contributed by atoms with E-state index in [4.69, 9.17) is 15.2 Å². The number of hydrogen-bond acceptors (Lipinski definition) is 4. The fraction of sp³-hybridized carbons (Fsp3) is 0.579. The van der Waals surface area contributed by atoms with Crippen LogP contribution in [0.1, 0.15) is 32.3 Å². The summed E-state index contributed by atoms with van der Waals surface area (Å²) >= 11 is 0. The fourth-order valence-electron chi connectivity index (χ4n) is 2.86. The summed E-state index contributed by atoms with van der Waals surface area (Å²) in [7, 11) is 0. The van der Waals surface area contributed by atoms with Gasteiger partial charge >= 0.3 is 6.09 Å². The molecule has 0 spiro atoms. The van der Waals surface area contributed by atoms with Crippen molar-refractivity contribution in [3.05, 3.63) is 29.8 Å². The van der Waals surface area contributed by atoms with Crippen molar-refractivity contribution in [1.29, 1.82) is 0 Å². The summed E-state index contributed by atoms with van der Waals surface area (Å²) in [6.07, 6.45) is 1.34. The summed E-state index contributed by atoms with van der Waals surface area (Å²) in [5, 5.41) is 3.23. The Bertz CT molecular complexity index is 613. The molecular weight excluding hydrogens is 332 g/mol. The maximum atomic E-state index is 11.7. The lowest BCUT2D eigenvalue weighted by Gasteiger charge is -2.31. The normalized spacial score (nSPS) is 16.9. The monoisotopic (exact) mass is 362 g/mol. The van der Waals surface area contributed by atoms with Gasteiger partial charge in [0.2, 0.25) is 0 Å². The topological polar surface area (TPSA) is 89.2 Å². The standard InChI is InChI=1S/C19H30N4O3/c1-4-25-19(24)23-10-8-16(9-11-23)22-18(20)21-13-15(3)26-17-7-5-6-14(2)12-17/h5-7,12,15-16H,4,8-11,13H2,1-3H3,(H3,20,21,22). The van der Waals surface area contributed by atoms with Crippen molar-refractivity contribution in [2.24, 2.45) is 10.7 Å². The number of nitrogens with zero attached hydrogens (tertiary/aromatic N) is 2. The van der Waals surface area contributed by atoms with Gasteiger partial charge in [0.25, 0.3) is 0 Å². The molecule has 1 aromatic carbocycles. The molecule has 26 heavy (non-hydrogen) atoms. The molecule has 0 radical (unpaired) electrons. The third kappa shape index (κ3) is 6.46. The number of ether oxygens (including phenoxy) is 2. The van der Waals surface area contributed by atoms with Crippen LogP contribution in [0.15, 0.2) is 29.3 Å². The summed E-state index contributed by atoms with van der Waals surface area (Å²) < 4.78 is 10.9. The van der Waals surface area contributed by atoms with Crippen LogP contribution in [0, 0.1) is 6.92 Å². The lowest BCUT2D eigenvalue weighted by atomic mass is 10.1. The van der Waals surface area contributed by atoms with Gasteiger partial charge in [-0.1, -0.05) is 12.1 Å². The molecule has 1 aromatic rings. The van der Waals surface area contributed by atoms with E-state index in [9.17, 15) is 4.79 Å². The SMILES string of the molecule is CCOC(=O)N1CCC(NC(N)=NCC(C)Oc2cccc(C)c2)CC1. The average Bonchev–Trinajstić information content (AvgIpc) is 2.61. The number of aryl methyl sites for hydroxylation is 1. The zero-order valence-corrected chi connectivity index (χ0v) is 15.9. The van der Waals surface area contributed by atoms with Crippen molar-refractivity contribution in [3.63, 3.8) is 0 Å². The molecule has 1 aliphatic rings. The van der Waals surface area contributed by atoms with Gasteiger partial charge in [0, 0.05) is 19.1 Å². The van der Waals surface area contributed by atoms with Gasteiger partial charge in [0.1, 0.15) is 11.9 Å². The van der Waals surface area contributed by atoms with Crippen LogP contribution in [0.25, 0.3) is 0 Å². The van der Waals surface area contributed by atoms with Gasteiger partial charge in [-0.15, -0.1) is 0 Å². The number of nitrogens with one attached hydrogen (secondary N) is 1. The van der Waals surface area contributed by atoms with Crippen LogP contribution >= 0.6 is 0 Å². The maximum Gasteiger partial charge on any atom is 0.409 e. The molecule has 1 fully saturated rings. The van der Waals surface area contributed by atoms with Gasteiger partial charge in [0.15, 0.2) is 5.96 Å². The Balaban J connectivity index is 1.72. The molecule has 1 atom stereocenters. The van der Waals surface area contributed by atoms with Crippen molar-refractivity contribution in [2.75, 3.05) is 26.2 Å². The average molecular weight is 362 g/mol. The minimum Gasteiger partial charge on any atom is -0.489 e. The number of piperidine rings is 1. The number of nitrogens with two attached hydrogens (primary N) is 1. The lowest BCUT2D eigenvalue weighted by molar-refractivity contribution is 0.0963. The molecule has 7 heteroatoms. The van der Waals surface area contributed by atoms with Gasteiger partial charge in [-0.25, -0.2) is 9.79 Å². The molecule has 144 valence electrons. The molecule has 1 saturated heterocycles. The molecule has 7 nitrogen and oxygen atoms in total. The summed E-state index contributed by atoms with van der Waals surface area (Å²) in [5.41, 5.74) is 7.15. The Hall–Kier alpha value is -2.44. The van der Waals surface area contributed by atoms with Crippen LogP contribution in [-0.4, -0.2) is 55.3 Å². The van der Waals surface area contributed by atoms with E-state index >= 15 is 0 Å². The zero-order chi connectivity index (χ0) is 18.9. The van der Waals surface area contributed by atoms with Crippen molar-refractivity contribution < 1.29 is 14.3 Å².